The number of hydrogen-bond acceptors (Lipinski definition) is 6. The Bertz CT molecular complexity index is 749. The van der Waals surface area contributed by atoms with Crippen LogP contribution in [0.4, 0.5) is 4.79 Å². The van der Waals surface area contributed by atoms with Gasteiger partial charge in [0.05, 0.1) is 7.11 Å². The molecule has 1 aliphatic rings. The van der Waals surface area contributed by atoms with Crippen molar-refractivity contribution in [2.45, 2.75) is 58.2 Å². The van der Waals surface area contributed by atoms with Gasteiger partial charge >= 0.3 is 12.1 Å². The maximum Gasteiger partial charge on any atom is 0.408 e. The van der Waals surface area contributed by atoms with Gasteiger partial charge in [0.2, 0.25) is 5.91 Å². The van der Waals surface area contributed by atoms with Gasteiger partial charge in [-0.3, -0.25) is 9.59 Å². The summed E-state index contributed by atoms with van der Waals surface area (Å²) in [5.41, 5.74) is 0.825. The molecule has 0 heterocycles. The number of carbonyl (C=O) groups excluding carboxylic acids is 4. The van der Waals surface area contributed by atoms with Crippen LogP contribution in [-0.4, -0.2) is 42.9 Å². The van der Waals surface area contributed by atoms with Crippen LogP contribution in [0.2, 0.25) is 0 Å². The number of ketones is 1. The Balaban J connectivity index is 2.00. The Labute approximate surface area is 176 Å². The number of hydrogen-bond donors (Lipinski definition) is 2. The van der Waals surface area contributed by atoms with Crippen LogP contribution in [0, 0.1) is 11.8 Å². The molecule has 3 atom stereocenters. The fraction of sp³-hybridized carbons (Fsp3) is 0.545. The van der Waals surface area contributed by atoms with E-state index in [1.165, 1.54) is 7.11 Å². The second kappa shape index (κ2) is 11.3. The summed E-state index contributed by atoms with van der Waals surface area (Å²) in [4.78, 5) is 49.2. The molecule has 0 spiro atoms. The molecule has 0 bridgehead atoms. The average molecular weight is 418 g/mol. The molecule has 1 fully saturated rings. The summed E-state index contributed by atoms with van der Waals surface area (Å²) in [5.74, 6) is -1.62. The Morgan fingerprint density at radius 2 is 1.83 bits per heavy atom. The van der Waals surface area contributed by atoms with Crippen LogP contribution in [0.15, 0.2) is 30.3 Å². The van der Waals surface area contributed by atoms with Crippen LogP contribution in [0.1, 0.15) is 45.1 Å². The van der Waals surface area contributed by atoms with Crippen molar-refractivity contribution in [1.82, 2.24) is 10.6 Å². The van der Waals surface area contributed by atoms with Gasteiger partial charge in [-0.1, -0.05) is 44.2 Å². The molecule has 0 aromatic heterocycles. The van der Waals surface area contributed by atoms with Crippen LogP contribution in [0.3, 0.4) is 0 Å². The first-order valence-corrected chi connectivity index (χ1v) is 10.2. The summed E-state index contributed by atoms with van der Waals surface area (Å²) in [5, 5.41) is 5.25. The predicted molar refractivity (Wildman–Crippen MR) is 109 cm³/mol. The second-order valence-electron chi connectivity index (χ2n) is 7.83. The molecule has 8 heteroatoms. The number of carbonyl (C=O) groups is 4. The summed E-state index contributed by atoms with van der Waals surface area (Å²) in [6.07, 6.45) is 1.30. The number of benzene rings is 1. The van der Waals surface area contributed by atoms with E-state index in [0.717, 1.165) is 5.56 Å². The maximum atomic E-state index is 12.9. The molecule has 0 unspecified atom stereocenters. The molecule has 0 radical (unpaired) electrons. The monoisotopic (exact) mass is 418 g/mol. The largest absolute Gasteiger partial charge is 0.467 e. The third-order valence-electron chi connectivity index (χ3n) is 5.18. The number of alkyl carbamates (subject to hydrolysis) is 1. The van der Waals surface area contributed by atoms with E-state index >= 15 is 0 Å². The number of amides is 2. The lowest BCUT2D eigenvalue weighted by molar-refractivity contribution is -0.147. The first kappa shape index (κ1) is 23.4. The minimum atomic E-state index is -0.935. The molecule has 1 aromatic carbocycles. The molecular formula is C22H30N2O6. The van der Waals surface area contributed by atoms with E-state index in [0.29, 0.717) is 19.3 Å². The topological polar surface area (TPSA) is 111 Å². The van der Waals surface area contributed by atoms with Crippen molar-refractivity contribution in [2.75, 3.05) is 7.11 Å². The molecule has 1 aliphatic carbocycles. The second-order valence-corrected chi connectivity index (χ2v) is 7.83. The zero-order valence-electron chi connectivity index (χ0n) is 17.7. The number of nitrogens with one attached hydrogen (secondary N) is 2. The quantitative estimate of drug-likeness (QED) is 0.627. The summed E-state index contributed by atoms with van der Waals surface area (Å²) in [7, 11) is 1.24. The van der Waals surface area contributed by atoms with Crippen LogP contribution < -0.4 is 10.6 Å². The highest BCUT2D eigenvalue weighted by Gasteiger charge is 2.36. The van der Waals surface area contributed by atoms with Gasteiger partial charge in [0.15, 0.2) is 0 Å². The molecule has 164 valence electrons. The van der Waals surface area contributed by atoms with Crippen molar-refractivity contribution < 1.29 is 28.7 Å². The van der Waals surface area contributed by atoms with Crippen molar-refractivity contribution in [1.29, 1.82) is 0 Å². The smallest absolute Gasteiger partial charge is 0.408 e. The number of ether oxygens (including phenoxy) is 2. The normalized spacial score (nSPS) is 18.3. The third-order valence-corrected chi connectivity index (χ3v) is 5.18. The van der Waals surface area contributed by atoms with E-state index in [1.807, 2.05) is 30.3 Å². The molecule has 1 aromatic rings. The van der Waals surface area contributed by atoms with Gasteiger partial charge in [0, 0.05) is 12.8 Å². The van der Waals surface area contributed by atoms with Crippen molar-refractivity contribution in [3.05, 3.63) is 35.9 Å². The van der Waals surface area contributed by atoms with Gasteiger partial charge in [-0.05, 0) is 30.2 Å². The minimum absolute atomic E-state index is 0.0671. The maximum absolute atomic E-state index is 12.9. The van der Waals surface area contributed by atoms with E-state index in [1.54, 1.807) is 13.8 Å². The summed E-state index contributed by atoms with van der Waals surface area (Å²) >= 11 is 0. The highest BCUT2D eigenvalue weighted by atomic mass is 16.5. The average Bonchev–Trinajstić information content (AvgIpc) is 2.74. The number of rotatable bonds is 8. The van der Waals surface area contributed by atoms with E-state index in [9.17, 15) is 19.2 Å². The molecule has 1 saturated carbocycles. The van der Waals surface area contributed by atoms with Crippen molar-refractivity contribution >= 4 is 23.8 Å². The Hall–Kier alpha value is -2.90. The van der Waals surface area contributed by atoms with E-state index in [2.05, 4.69) is 10.6 Å². The first-order chi connectivity index (χ1) is 14.3. The molecule has 8 nitrogen and oxygen atoms in total. The van der Waals surface area contributed by atoms with Crippen LogP contribution in [0.5, 0.6) is 0 Å². The van der Waals surface area contributed by atoms with Crippen molar-refractivity contribution in [2.24, 2.45) is 11.8 Å². The molecule has 2 rings (SSSR count). The van der Waals surface area contributed by atoms with Gasteiger partial charge in [-0.15, -0.1) is 0 Å². The SMILES string of the molecule is COC(=O)[C@H](NC(=O)[C@H](NC(=O)OCc1ccccc1)C(C)C)[C@H]1CCCC(=O)C1. The van der Waals surface area contributed by atoms with Crippen LogP contribution in [0.25, 0.3) is 0 Å². The van der Waals surface area contributed by atoms with Crippen molar-refractivity contribution in [3.63, 3.8) is 0 Å². The van der Waals surface area contributed by atoms with E-state index in [-0.39, 0.29) is 30.6 Å². The lowest BCUT2D eigenvalue weighted by Gasteiger charge is -2.30. The first-order valence-electron chi connectivity index (χ1n) is 10.2. The standard InChI is InChI=1S/C22H30N2O6/c1-14(2)18(24-22(28)30-13-15-8-5-4-6-9-15)20(26)23-19(21(27)29-3)16-10-7-11-17(25)12-16/h4-6,8-9,14,16,18-19H,7,10-13H2,1-3H3,(H,23,26)(H,24,28)/t16-,18+,19+/m0/s1. The Kier molecular flexibility index (Phi) is 8.83. The fourth-order valence-corrected chi connectivity index (χ4v) is 3.51. The molecular weight excluding hydrogens is 388 g/mol. The Morgan fingerprint density at radius 1 is 1.13 bits per heavy atom. The van der Waals surface area contributed by atoms with E-state index < -0.39 is 30.1 Å². The zero-order chi connectivity index (χ0) is 22.1. The van der Waals surface area contributed by atoms with Gasteiger partial charge in [0.1, 0.15) is 24.5 Å². The van der Waals surface area contributed by atoms with Gasteiger partial charge in [0.25, 0.3) is 0 Å². The van der Waals surface area contributed by atoms with Crippen LogP contribution in [-0.2, 0) is 30.5 Å². The van der Waals surface area contributed by atoms with Crippen LogP contribution >= 0.6 is 0 Å². The summed E-state index contributed by atoms with van der Waals surface area (Å²) < 4.78 is 10.0. The minimum Gasteiger partial charge on any atom is -0.467 e. The van der Waals surface area contributed by atoms with Crippen molar-refractivity contribution in [3.8, 4) is 0 Å². The molecule has 2 amide bonds. The summed E-state index contributed by atoms with van der Waals surface area (Å²) in [6.45, 7) is 3.63. The fourth-order valence-electron chi connectivity index (χ4n) is 3.51. The van der Waals surface area contributed by atoms with Gasteiger partial charge in [-0.2, -0.15) is 0 Å². The molecule has 0 aliphatic heterocycles. The summed E-state index contributed by atoms with van der Waals surface area (Å²) in [6, 6.07) is 7.35. The molecule has 0 saturated heterocycles. The zero-order valence-corrected chi connectivity index (χ0v) is 17.7. The lowest BCUT2D eigenvalue weighted by atomic mass is 9.83. The highest BCUT2D eigenvalue weighted by Crippen LogP contribution is 2.25. The number of Topliss-reactive ketones (excluding diaryl/α,β-unsaturated/α-hetero) is 1. The Morgan fingerprint density at radius 3 is 2.43 bits per heavy atom. The predicted octanol–water partition coefficient (Wildman–Crippen LogP) is 2.35. The highest BCUT2D eigenvalue weighted by molar-refractivity contribution is 5.90. The molecule has 2 N–H and O–H groups in total. The van der Waals surface area contributed by atoms with E-state index in [4.69, 9.17) is 9.47 Å². The lowest BCUT2D eigenvalue weighted by Crippen LogP contribution is -2.56. The van der Waals surface area contributed by atoms with Gasteiger partial charge < -0.3 is 20.1 Å². The third kappa shape index (κ3) is 6.86. The van der Waals surface area contributed by atoms with Gasteiger partial charge in [-0.25, -0.2) is 9.59 Å². The number of esters is 1. The molecule has 30 heavy (non-hydrogen) atoms. The number of methoxy groups -OCH3 is 1.